The third kappa shape index (κ3) is 5.30. The minimum atomic E-state index is -3.68. The van der Waals surface area contributed by atoms with Gasteiger partial charge < -0.3 is 14.2 Å². The van der Waals surface area contributed by atoms with Gasteiger partial charge in [-0.1, -0.05) is 0 Å². The lowest BCUT2D eigenvalue weighted by Crippen LogP contribution is -2.29. The van der Waals surface area contributed by atoms with Gasteiger partial charge in [-0.15, -0.1) is 0 Å². The van der Waals surface area contributed by atoms with E-state index in [-0.39, 0.29) is 23.7 Å². The highest BCUT2D eigenvalue weighted by atomic mass is 32.2. The van der Waals surface area contributed by atoms with E-state index in [1.54, 1.807) is 0 Å². The van der Waals surface area contributed by atoms with Crippen molar-refractivity contribution < 1.29 is 32.2 Å². The van der Waals surface area contributed by atoms with Crippen molar-refractivity contribution in [1.82, 2.24) is 4.72 Å². The van der Waals surface area contributed by atoms with Crippen LogP contribution in [0.1, 0.15) is 10.4 Å². The van der Waals surface area contributed by atoms with Gasteiger partial charge in [0.05, 0.1) is 20.5 Å². The fourth-order valence-corrected chi connectivity index (χ4v) is 1.81. The Morgan fingerprint density at radius 2 is 1.86 bits per heavy atom. The highest BCUT2D eigenvalue weighted by Gasteiger charge is 2.15. The number of esters is 1. The van der Waals surface area contributed by atoms with Crippen LogP contribution >= 0.6 is 0 Å². The number of ether oxygens (including phenoxy) is 3. The molecule has 0 aliphatic heterocycles. The molecule has 1 aromatic rings. The molecule has 1 N–H and O–H groups in total. The number of rotatable bonds is 6. The first kappa shape index (κ1) is 16.8. The van der Waals surface area contributed by atoms with Crippen LogP contribution < -0.4 is 14.2 Å². The Kier molecular flexibility index (Phi) is 5.53. The summed E-state index contributed by atoms with van der Waals surface area (Å²) in [5.74, 6) is -1.02. The molecule has 8 nitrogen and oxygen atoms in total. The molecular formula is C12H15NO7S. The van der Waals surface area contributed by atoms with Crippen molar-refractivity contribution in [3.63, 3.8) is 0 Å². The number of sulfonamides is 1. The summed E-state index contributed by atoms with van der Waals surface area (Å²) >= 11 is 0. The van der Waals surface area contributed by atoms with Gasteiger partial charge in [0.2, 0.25) is 10.0 Å². The zero-order valence-electron chi connectivity index (χ0n) is 11.7. The van der Waals surface area contributed by atoms with Crippen LogP contribution in [0.4, 0.5) is 0 Å². The molecule has 1 amide bonds. The first-order chi connectivity index (χ1) is 9.76. The molecule has 0 spiro atoms. The van der Waals surface area contributed by atoms with Crippen molar-refractivity contribution in [3.8, 4) is 11.5 Å². The molecule has 0 atom stereocenters. The molecule has 9 heteroatoms. The zero-order valence-corrected chi connectivity index (χ0v) is 12.5. The lowest BCUT2D eigenvalue weighted by Gasteiger charge is -2.11. The monoisotopic (exact) mass is 317 g/mol. The Balaban J connectivity index is 2.98. The average molecular weight is 317 g/mol. The van der Waals surface area contributed by atoms with Crippen molar-refractivity contribution in [2.24, 2.45) is 0 Å². The van der Waals surface area contributed by atoms with Gasteiger partial charge >= 0.3 is 5.97 Å². The second kappa shape index (κ2) is 6.93. The molecule has 0 fully saturated rings. The molecule has 1 rings (SSSR count). The quantitative estimate of drug-likeness (QED) is 0.732. The molecule has 0 saturated carbocycles. The van der Waals surface area contributed by atoms with Crippen molar-refractivity contribution in [3.05, 3.63) is 23.8 Å². The molecule has 0 aliphatic carbocycles. The predicted molar refractivity (Wildman–Crippen MR) is 72.8 cm³/mol. The van der Waals surface area contributed by atoms with Gasteiger partial charge in [0, 0.05) is 5.56 Å². The summed E-state index contributed by atoms with van der Waals surface area (Å²) in [6.45, 7) is -0.371. The summed E-state index contributed by atoms with van der Waals surface area (Å²) in [4.78, 5) is 22.8. The largest absolute Gasteiger partial charge is 0.493 e. The first-order valence-corrected chi connectivity index (χ1v) is 7.55. The second-order valence-electron chi connectivity index (χ2n) is 3.93. The van der Waals surface area contributed by atoms with Crippen LogP contribution in [0.15, 0.2) is 18.2 Å². The fourth-order valence-electron chi connectivity index (χ4n) is 1.35. The van der Waals surface area contributed by atoms with Gasteiger partial charge in [-0.05, 0) is 18.2 Å². The minimum Gasteiger partial charge on any atom is -0.493 e. The van der Waals surface area contributed by atoms with E-state index >= 15 is 0 Å². The van der Waals surface area contributed by atoms with Crippen LogP contribution in [0.3, 0.4) is 0 Å². The predicted octanol–water partition coefficient (Wildman–Crippen LogP) is -0.0636. The average Bonchev–Trinajstić information content (AvgIpc) is 2.42. The molecule has 0 saturated heterocycles. The third-order valence-corrected chi connectivity index (χ3v) is 2.83. The smallest absolute Gasteiger partial charge is 0.343 e. The third-order valence-electron chi connectivity index (χ3n) is 2.28. The normalized spacial score (nSPS) is 10.6. The van der Waals surface area contributed by atoms with Gasteiger partial charge in [0.1, 0.15) is 0 Å². The first-order valence-electron chi connectivity index (χ1n) is 5.66. The molecule has 21 heavy (non-hydrogen) atoms. The number of hydrogen-bond acceptors (Lipinski definition) is 7. The number of methoxy groups -OCH3 is 2. The standard InChI is InChI=1S/C12H15NO7S/c1-18-9-5-4-8(12(15)13-21(3,16)17)6-10(9)20-7-11(14)19-2/h4-6H,7H2,1-3H3,(H,13,15). The summed E-state index contributed by atoms with van der Waals surface area (Å²) in [5.41, 5.74) is 0.0427. The summed E-state index contributed by atoms with van der Waals surface area (Å²) in [6, 6.07) is 4.05. The zero-order chi connectivity index (χ0) is 16.0. The number of nitrogens with one attached hydrogen (secondary N) is 1. The Morgan fingerprint density at radius 1 is 1.19 bits per heavy atom. The van der Waals surface area contributed by atoms with Crippen LogP contribution in [0.5, 0.6) is 11.5 Å². The van der Waals surface area contributed by atoms with Crippen molar-refractivity contribution >= 4 is 21.9 Å². The van der Waals surface area contributed by atoms with Crippen LogP contribution in [0.25, 0.3) is 0 Å². The molecule has 1 aromatic carbocycles. The maximum Gasteiger partial charge on any atom is 0.343 e. The molecule has 0 aromatic heterocycles. The Hall–Kier alpha value is -2.29. The van der Waals surface area contributed by atoms with Gasteiger partial charge in [-0.25, -0.2) is 17.9 Å². The summed E-state index contributed by atoms with van der Waals surface area (Å²) < 4.78 is 38.5. The summed E-state index contributed by atoms with van der Waals surface area (Å²) in [5, 5.41) is 0. The maximum absolute atomic E-state index is 11.7. The van der Waals surface area contributed by atoms with Gasteiger partial charge in [0.15, 0.2) is 18.1 Å². The van der Waals surface area contributed by atoms with Crippen molar-refractivity contribution in [2.45, 2.75) is 0 Å². The SMILES string of the molecule is COC(=O)COc1cc(C(=O)NS(C)(=O)=O)ccc1OC. The van der Waals surface area contributed by atoms with Crippen LogP contribution in [-0.4, -0.2) is 47.4 Å². The Labute approximate surface area is 122 Å². The molecule has 0 unspecified atom stereocenters. The van der Waals surface area contributed by atoms with Crippen molar-refractivity contribution in [1.29, 1.82) is 0 Å². The van der Waals surface area contributed by atoms with E-state index in [1.165, 1.54) is 32.4 Å². The molecule has 0 bridgehead atoms. The lowest BCUT2D eigenvalue weighted by molar-refractivity contribution is -0.142. The summed E-state index contributed by atoms with van der Waals surface area (Å²) in [7, 11) is -1.08. The van der Waals surface area contributed by atoms with Gasteiger partial charge in [-0.3, -0.25) is 4.79 Å². The lowest BCUT2D eigenvalue weighted by atomic mass is 10.2. The molecule has 116 valence electrons. The Bertz CT molecular complexity index is 639. The van der Waals surface area contributed by atoms with E-state index in [0.717, 1.165) is 6.26 Å². The topological polar surface area (TPSA) is 108 Å². The van der Waals surface area contributed by atoms with E-state index in [2.05, 4.69) is 4.74 Å². The number of carbonyl (C=O) groups excluding carboxylic acids is 2. The van der Waals surface area contributed by atoms with E-state index < -0.39 is 21.9 Å². The number of benzene rings is 1. The number of amides is 1. The van der Waals surface area contributed by atoms with Crippen LogP contribution in [0.2, 0.25) is 0 Å². The molecule has 0 radical (unpaired) electrons. The van der Waals surface area contributed by atoms with Crippen LogP contribution in [0, 0.1) is 0 Å². The second-order valence-corrected chi connectivity index (χ2v) is 5.68. The van der Waals surface area contributed by atoms with Gasteiger partial charge in [0.25, 0.3) is 5.91 Å². The van der Waals surface area contributed by atoms with Crippen molar-refractivity contribution in [2.75, 3.05) is 27.1 Å². The van der Waals surface area contributed by atoms with E-state index in [1.807, 2.05) is 4.72 Å². The summed E-state index contributed by atoms with van der Waals surface area (Å²) in [6.07, 6.45) is 0.864. The number of hydrogen-bond donors (Lipinski definition) is 1. The minimum absolute atomic E-state index is 0.0427. The highest BCUT2D eigenvalue weighted by Crippen LogP contribution is 2.28. The maximum atomic E-state index is 11.7. The van der Waals surface area contributed by atoms with E-state index in [4.69, 9.17) is 9.47 Å². The van der Waals surface area contributed by atoms with Crippen LogP contribution in [-0.2, 0) is 19.6 Å². The van der Waals surface area contributed by atoms with E-state index in [0.29, 0.717) is 0 Å². The molecule has 0 aliphatic rings. The Morgan fingerprint density at radius 3 is 2.38 bits per heavy atom. The van der Waals surface area contributed by atoms with Gasteiger partial charge in [-0.2, -0.15) is 0 Å². The molecule has 0 heterocycles. The molecular weight excluding hydrogens is 302 g/mol. The highest BCUT2D eigenvalue weighted by molar-refractivity contribution is 7.89. The fraction of sp³-hybridized carbons (Fsp3) is 0.333. The van der Waals surface area contributed by atoms with E-state index in [9.17, 15) is 18.0 Å². The number of carbonyl (C=O) groups is 2.